The lowest BCUT2D eigenvalue weighted by atomic mass is 10.1. The number of nitrogens with one attached hydrogen (secondary N) is 1. The van der Waals surface area contributed by atoms with Crippen molar-refractivity contribution in [2.75, 3.05) is 44.8 Å². The number of piperazine rings is 1. The van der Waals surface area contributed by atoms with Gasteiger partial charge in [0.25, 0.3) is 11.8 Å². The van der Waals surface area contributed by atoms with E-state index >= 15 is 0 Å². The maximum Gasteiger partial charge on any atom is 0.270 e. The molecule has 5 aromatic rings. The van der Waals surface area contributed by atoms with Crippen molar-refractivity contribution in [3.05, 3.63) is 113 Å². The van der Waals surface area contributed by atoms with E-state index in [0.29, 0.717) is 56.0 Å². The second-order valence-electron chi connectivity index (χ2n) is 12.2. The van der Waals surface area contributed by atoms with E-state index in [1.165, 1.54) is 18.3 Å². The fourth-order valence-electron chi connectivity index (χ4n) is 5.78. The number of carbonyl (C=O) groups excluding carboxylic acids is 2. The molecule has 2 amide bonds. The Bertz CT molecular complexity index is 2040. The molecule has 1 aliphatic heterocycles. The molecule has 3 aromatic carbocycles. The molecule has 0 saturated carbocycles. The molecule has 51 heavy (non-hydrogen) atoms. The zero-order chi connectivity index (χ0) is 36.2. The second-order valence-corrected chi connectivity index (χ2v) is 12.2. The van der Waals surface area contributed by atoms with Gasteiger partial charge >= 0.3 is 0 Å². The highest BCUT2D eigenvalue weighted by Crippen LogP contribution is 2.28. The predicted octanol–water partition coefficient (Wildman–Crippen LogP) is 6.99. The molecule has 0 spiro atoms. The minimum atomic E-state index is -1.45. The van der Waals surface area contributed by atoms with Gasteiger partial charge in [0.1, 0.15) is 36.4 Å². The number of hydrogen-bond donors (Lipinski definition) is 1. The number of anilines is 1. The lowest BCUT2D eigenvalue weighted by Gasteiger charge is -2.34. The van der Waals surface area contributed by atoms with Crippen LogP contribution in [0.4, 0.5) is 27.6 Å². The third kappa shape index (κ3) is 7.80. The smallest absolute Gasteiger partial charge is 0.270 e. The summed E-state index contributed by atoms with van der Waals surface area (Å²) in [6, 6.07) is 17.8. The van der Waals surface area contributed by atoms with Crippen LogP contribution in [0.25, 0.3) is 10.9 Å². The molecule has 1 N–H and O–H groups in total. The molecule has 0 bridgehead atoms. The van der Waals surface area contributed by atoms with Crippen LogP contribution >= 0.6 is 0 Å². The first-order chi connectivity index (χ1) is 24.5. The zero-order valence-electron chi connectivity index (χ0n) is 27.8. The normalized spacial score (nSPS) is 13.5. The number of aryl methyl sites for hydroxylation is 1. The Morgan fingerprint density at radius 2 is 1.59 bits per heavy atom. The maximum absolute atomic E-state index is 14.2. The fourth-order valence-corrected chi connectivity index (χ4v) is 5.78. The minimum absolute atomic E-state index is 0.0945. The Balaban J connectivity index is 1.04. The van der Waals surface area contributed by atoms with Gasteiger partial charge in [0.05, 0.1) is 17.4 Å². The van der Waals surface area contributed by atoms with Crippen LogP contribution in [0, 0.1) is 24.4 Å². The van der Waals surface area contributed by atoms with Crippen molar-refractivity contribution in [2.45, 2.75) is 19.6 Å². The summed E-state index contributed by atoms with van der Waals surface area (Å²) in [6.45, 7) is 2.38. The number of amides is 2. The van der Waals surface area contributed by atoms with Crippen molar-refractivity contribution >= 4 is 28.4 Å². The Morgan fingerprint density at radius 3 is 2.25 bits per heavy atom. The second kappa shape index (κ2) is 15.2. The highest BCUT2D eigenvalue weighted by molar-refractivity contribution is 6.04. The van der Waals surface area contributed by atoms with E-state index < -0.39 is 53.9 Å². The van der Waals surface area contributed by atoms with Crippen molar-refractivity contribution in [3.63, 3.8) is 0 Å². The van der Waals surface area contributed by atoms with E-state index in [0.717, 1.165) is 23.4 Å². The third-order valence-corrected chi connectivity index (χ3v) is 8.72. The van der Waals surface area contributed by atoms with Crippen LogP contribution in [-0.4, -0.2) is 76.8 Å². The average molecular weight is 708 g/mol. The largest absolute Gasteiger partial charge is 0.485 e. The molecule has 6 rings (SSSR count). The Morgan fingerprint density at radius 1 is 0.882 bits per heavy atom. The van der Waals surface area contributed by atoms with Gasteiger partial charge in [0, 0.05) is 62.3 Å². The summed E-state index contributed by atoms with van der Waals surface area (Å²) in [6.07, 6.45) is 0.158. The Labute approximate surface area is 290 Å². The van der Waals surface area contributed by atoms with Crippen LogP contribution in [0.1, 0.15) is 32.0 Å². The quantitative estimate of drug-likeness (QED) is 0.118. The summed E-state index contributed by atoms with van der Waals surface area (Å²) in [7, 11) is 1.82. The first-order valence-corrected chi connectivity index (χ1v) is 16.1. The summed E-state index contributed by atoms with van der Waals surface area (Å²) >= 11 is 0. The third-order valence-electron chi connectivity index (χ3n) is 8.72. The van der Waals surface area contributed by atoms with Gasteiger partial charge in [-0.3, -0.25) is 14.5 Å². The zero-order valence-corrected chi connectivity index (χ0v) is 27.8. The molecule has 2 aromatic heterocycles. The number of rotatable bonds is 11. The number of carbonyl (C=O) groups is 2. The van der Waals surface area contributed by atoms with Gasteiger partial charge in [-0.25, -0.2) is 26.9 Å². The van der Waals surface area contributed by atoms with Gasteiger partial charge < -0.3 is 24.3 Å². The van der Waals surface area contributed by atoms with Gasteiger partial charge in [-0.05, 0) is 61.0 Å². The standard InChI is InChI=1S/C37H34F5N5O4/c1-22-30(40)17-29(35(42)34(22)41)36(48)44-25-5-10-33(43-20-25)51-27-8-9-31-24(15-27)16-32(45(31)2)37(49)47-13-11-46(12-14-47)21-23-3-6-26(7-4-23)50-28(18-38)19-39/h3-10,15-17,20,28H,11-14,18-19,21H2,1-2H3,(H,44,48). The molecule has 1 aliphatic rings. The molecule has 266 valence electrons. The number of benzene rings is 3. The molecule has 0 atom stereocenters. The van der Waals surface area contributed by atoms with Crippen LogP contribution in [-0.2, 0) is 13.6 Å². The molecule has 14 heteroatoms. The number of ether oxygens (including phenoxy) is 2. The predicted molar refractivity (Wildman–Crippen MR) is 180 cm³/mol. The molecule has 9 nitrogen and oxygen atoms in total. The number of alkyl halides is 2. The molecule has 1 saturated heterocycles. The van der Waals surface area contributed by atoms with Crippen LogP contribution in [0.2, 0.25) is 0 Å². The van der Waals surface area contributed by atoms with Crippen LogP contribution < -0.4 is 14.8 Å². The first kappa shape index (κ1) is 35.3. The van der Waals surface area contributed by atoms with Crippen molar-refractivity contribution < 1.29 is 41.0 Å². The molecule has 1 fully saturated rings. The van der Waals surface area contributed by atoms with Crippen molar-refractivity contribution in [2.24, 2.45) is 7.05 Å². The lowest BCUT2D eigenvalue weighted by Crippen LogP contribution is -2.48. The van der Waals surface area contributed by atoms with E-state index in [-0.39, 0.29) is 17.5 Å². The maximum atomic E-state index is 14.2. The number of halogens is 5. The molecule has 0 aliphatic carbocycles. The Kier molecular flexibility index (Phi) is 10.5. The highest BCUT2D eigenvalue weighted by atomic mass is 19.2. The number of pyridine rings is 1. The average Bonchev–Trinajstić information content (AvgIpc) is 3.47. The molecule has 0 radical (unpaired) electrons. The van der Waals surface area contributed by atoms with E-state index in [2.05, 4.69) is 15.2 Å². The van der Waals surface area contributed by atoms with E-state index in [9.17, 15) is 31.5 Å². The summed E-state index contributed by atoms with van der Waals surface area (Å²) in [5.74, 6) is -4.01. The summed E-state index contributed by atoms with van der Waals surface area (Å²) in [4.78, 5) is 34.2. The van der Waals surface area contributed by atoms with Crippen LogP contribution in [0.5, 0.6) is 17.4 Å². The van der Waals surface area contributed by atoms with Crippen molar-refractivity contribution in [1.82, 2.24) is 19.4 Å². The lowest BCUT2D eigenvalue weighted by molar-refractivity contribution is 0.0619. The summed E-state index contributed by atoms with van der Waals surface area (Å²) in [5.41, 5.74) is 1.23. The van der Waals surface area contributed by atoms with Crippen LogP contribution in [0.3, 0.4) is 0 Å². The summed E-state index contributed by atoms with van der Waals surface area (Å²) in [5, 5.41) is 3.14. The Hall–Kier alpha value is -5.50. The number of aromatic nitrogens is 2. The van der Waals surface area contributed by atoms with Gasteiger partial charge in [0.2, 0.25) is 5.88 Å². The van der Waals surface area contributed by atoms with Crippen molar-refractivity contribution in [3.8, 4) is 17.4 Å². The molecular formula is C37H34F5N5O4. The van der Waals surface area contributed by atoms with Crippen molar-refractivity contribution in [1.29, 1.82) is 0 Å². The fraction of sp³-hybridized carbons (Fsp3) is 0.270. The molecular weight excluding hydrogens is 673 g/mol. The van der Waals surface area contributed by atoms with Gasteiger partial charge in [-0.2, -0.15) is 0 Å². The highest BCUT2D eigenvalue weighted by Gasteiger charge is 2.25. The monoisotopic (exact) mass is 707 g/mol. The first-order valence-electron chi connectivity index (χ1n) is 16.1. The number of nitrogens with zero attached hydrogens (tertiary/aromatic N) is 4. The molecule has 0 unspecified atom stereocenters. The van der Waals surface area contributed by atoms with E-state index in [1.807, 2.05) is 34.7 Å². The minimum Gasteiger partial charge on any atom is -0.485 e. The topological polar surface area (TPSA) is 88.9 Å². The van der Waals surface area contributed by atoms with Gasteiger partial charge in [-0.15, -0.1) is 0 Å². The number of hydrogen-bond acceptors (Lipinski definition) is 6. The van der Waals surface area contributed by atoms with Crippen LogP contribution in [0.15, 0.2) is 72.9 Å². The number of fused-ring (bicyclic) bond motifs is 1. The van der Waals surface area contributed by atoms with Gasteiger partial charge in [0.15, 0.2) is 17.7 Å². The van der Waals surface area contributed by atoms with E-state index in [4.69, 9.17) is 9.47 Å². The van der Waals surface area contributed by atoms with Gasteiger partial charge in [-0.1, -0.05) is 12.1 Å². The SMILES string of the molecule is Cc1c(F)cc(C(=O)Nc2ccc(Oc3ccc4c(c3)cc(C(=O)N3CCN(Cc5ccc(OC(CF)CF)cc5)CC3)n4C)nc2)c(F)c1F. The molecule has 3 heterocycles. The van der Waals surface area contributed by atoms with E-state index in [1.54, 1.807) is 30.3 Å². The summed E-state index contributed by atoms with van der Waals surface area (Å²) < 4.78 is 80.6.